The largest absolute Gasteiger partial charge is 0.479 e. The number of hydrogen-bond acceptors (Lipinski definition) is 5. The molecule has 2 aromatic rings. The molecule has 132 valence electrons. The number of aryl methyl sites for hydroxylation is 3. The molecule has 0 fully saturated rings. The molecular weight excluding hydrogens is 306 g/mol. The van der Waals surface area contributed by atoms with Gasteiger partial charge in [0.1, 0.15) is 0 Å². The molecule has 0 radical (unpaired) electrons. The highest BCUT2D eigenvalue weighted by molar-refractivity contribution is 5.86. The molecule has 1 atom stereocenters. The number of amides is 1. The monoisotopic (exact) mass is 333 g/mol. The molecule has 1 unspecified atom stereocenters. The van der Waals surface area contributed by atoms with Crippen LogP contribution >= 0.6 is 0 Å². The van der Waals surface area contributed by atoms with Crippen molar-refractivity contribution in [3.63, 3.8) is 0 Å². The summed E-state index contributed by atoms with van der Waals surface area (Å²) in [6, 6.07) is 0.0967. The number of pyridine rings is 1. The lowest BCUT2D eigenvalue weighted by atomic mass is 10.00. The molecule has 0 saturated carbocycles. The van der Waals surface area contributed by atoms with Gasteiger partial charge in [0.15, 0.2) is 5.65 Å². The quantitative estimate of drug-likeness (QED) is 0.798. The Balaban J connectivity index is 2.16. The molecule has 3 N–H and O–H groups in total. The van der Waals surface area contributed by atoms with E-state index in [4.69, 9.17) is 10.5 Å². The summed E-state index contributed by atoms with van der Waals surface area (Å²) in [5.41, 5.74) is 9.56. The van der Waals surface area contributed by atoms with E-state index >= 15 is 0 Å². The van der Waals surface area contributed by atoms with E-state index in [9.17, 15) is 4.79 Å². The van der Waals surface area contributed by atoms with Crippen LogP contribution in [0.4, 0.5) is 0 Å². The molecule has 24 heavy (non-hydrogen) atoms. The molecule has 1 amide bonds. The smallest absolute Gasteiger partial charge is 0.242 e. The zero-order chi connectivity index (χ0) is 17.9. The first-order valence-electron chi connectivity index (χ1n) is 8.24. The Morgan fingerprint density at radius 2 is 2.12 bits per heavy atom. The predicted molar refractivity (Wildman–Crippen MR) is 94.1 cm³/mol. The summed E-state index contributed by atoms with van der Waals surface area (Å²) in [7, 11) is 3.45. The van der Waals surface area contributed by atoms with Gasteiger partial charge in [0.05, 0.1) is 12.5 Å². The highest BCUT2D eigenvalue weighted by Crippen LogP contribution is 2.30. The van der Waals surface area contributed by atoms with E-state index < -0.39 is 0 Å². The van der Waals surface area contributed by atoms with Crippen molar-refractivity contribution < 1.29 is 9.53 Å². The van der Waals surface area contributed by atoms with Crippen LogP contribution in [0.25, 0.3) is 11.0 Å². The standard InChI is InChI=1S/C17H27N5O2/c1-10(18)8-9-19-14(23)7-6-13-11(2)15-16(20-12(13)3)22(4)21-17(15)24-5/h10H,6-9,18H2,1-5H3,(H,19,23). The SMILES string of the molecule is COc1nn(C)c2nc(C)c(CCC(=O)NCCC(C)N)c(C)c12. The van der Waals surface area contributed by atoms with E-state index in [0.29, 0.717) is 25.3 Å². The summed E-state index contributed by atoms with van der Waals surface area (Å²) in [5.74, 6) is 0.604. The van der Waals surface area contributed by atoms with Crippen LogP contribution < -0.4 is 15.8 Å². The lowest BCUT2D eigenvalue weighted by Gasteiger charge is -2.12. The molecule has 0 saturated heterocycles. The second kappa shape index (κ2) is 7.61. The van der Waals surface area contributed by atoms with Crippen LogP contribution in [0.1, 0.15) is 36.6 Å². The third-order valence-electron chi connectivity index (χ3n) is 4.24. The van der Waals surface area contributed by atoms with Gasteiger partial charge in [-0.15, -0.1) is 5.10 Å². The number of carbonyl (C=O) groups excluding carboxylic acids is 1. The van der Waals surface area contributed by atoms with Crippen LogP contribution in [0.3, 0.4) is 0 Å². The summed E-state index contributed by atoms with van der Waals surface area (Å²) in [5, 5.41) is 8.17. The van der Waals surface area contributed by atoms with Gasteiger partial charge in [0.25, 0.3) is 0 Å². The third kappa shape index (κ3) is 3.84. The van der Waals surface area contributed by atoms with E-state index in [1.54, 1.807) is 11.8 Å². The predicted octanol–water partition coefficient (Wildman–Crippen LogP) is 1.38. The molecule has 2 rings (SSSR count). The molecule has 2 heterocycles. The lowest BCUT2D eigenvalue weighted by Crippen LogP contribution is -2.29. The highest BCUT2D eigenvalue weighted by Gasteiger charge is 2.18. The van der Waals surface area contributed by atoms with Crippen molar-refractivity contribution in [3.8, 4) is 5.88 Å². The Labute approximate surface area is 142 Å². The molecule has 2 aromatic heterocycles. The lowest BCUT2D eigenvalue weighted by molar-refractivity contribution is -0.121. The van der Waals surface area contributed by atoms with Crippen LogP contribution in [-0.4, -0.2) is 40.4 Å². The van der Waals surface area contributed by atoms with Crippen LogP contribution in [0, 0.1) is 13.8 Å². The summed E-state index contributed by atoms with van der Waals surface area (Å²) in [6.45, 7) is 6.54. The first-order chi connectivity index (χ1) is 11.3. The fraction of sp³-hybridized carbons (Fsp3) is 0.588. The van der Waals surface area contributed by atoms with Gasteiger partial charge in [0, 0.05) is 31.7 Å². The molecule has 0 aliphatic carbocycles. The maximum Gasteiger partial charge on any atom is 0.242 e. The average molecular weight is 333 g/mol. The number of nitrogens with zero attached hydrogens (tertiary/aromatic N) is 3. The van der Waals surface area contributed by atoms with E-state index in [1.165, 1.54) is 0 Å². The Morgan fingerprint density at radius 3 is 2.75 bits per heavy atom. The minimum Gasteiger partial charge on any atom is -0.479 e. The fourth-order valence-electron chi connectivity index (χ4n) is 2.87. The minimum atomic E-state index is 0.0349. The van der Waals surface area contributed by atoms with E-state index in [0.717, 1.165) is 34.3 Å². The highest BCUT2D eigenvalue weighted by atomic mass is 16.5. The average Bonchev–Trinajstić information content (AvgIpc) is 2.83. The number of nitrogens with two attached hydrogens (primary N) is 1. The van der Waals surface area contributed by atoms with Crippen molar-refractivity contribution in [2.75, 3.05) is 13.7 Å². The Hall–Kier alpha value is -2.15. The Bertz CT molecular complexity index is 736. The number of carbonyl (C=O) groups is 1. The second-order valence-electron chi connectivity index (χ2n) is 6.25. The molecule has 7 heteroatoms. The van der Waals surface area contributed by atoms with Gasteiger partial charge < -0.3 is 15.8 Å². The number of aromatic nitrogens is 3. The van der Waals surface area contributed by atoms with Gasteiger partial charge in [-0.3, -0.25) is 4.79 Å². The van der Waals surface area contributed by atoms with Crippen molar-refractivity contribution in [3.05, 3.63) is 16.8 Å². The molecule has 0 aliphatic heterocycles. The Morgan fingerprint density at radius 1 is 1.42 bits per heavy atom. The third-order valence-corrected chi connectivity index (χ3v) is 4.24. The first-order valence-corrected chi connectivity index (χ1v) is 8.24. The zero-order valence-electron chi connectivity index (χ0n) is 15.1. The molecular formula is C17H27N5O2. The van der Waals surface area contributed by atoms with Crippen LogP contribution in [0.5, 0.6) is 5.88 Å². The van der Waals surface area contributed by atoms with E-state index in [2.05, 4.69) is 15.4 Å². The van der Waals surface area contributed by atoms with Gasteiger partial charge in [0.2, 0.25) is 11.8 Å². The normalized spacial score (nSPS) is 12.4. The summed E-state index contributed by atoms with van der Waals surface area (Å²) < 4.78 is 7.08. The van der Waals surface area contributed by atoms with Crippen LogP contribution in [0.2, 0.25) is 0 Å². The number of fused-ring (bicyclic) bond motifs is 1. The van der Waals surface area contributed by atoms with Crippen molar-refractivity contribution in [2.24, 2.45) is 12.8 Å². The Kier molecular flexibility index (Phi) is 5.77. The summed E-state index contributed by atoms with van der Waals surface area (Å²) in [6.07, 6.45) is 1.85. The number of ether oxygens (including phenoxy) is 1. The van der Waals surface area contributed by atoms with E-state index in [-0.39, 0.29) is 11.9 Å². The number of hydrogen-bond donors (Lipinski definition) is 2. The fourth-order valence-corrected chi connectivity index (χ4v) is 2.87. The minimum absolute atomic E-state index is 0.0349. The van der Waals surface area contributed by atoms with Gasteiger partial charge in [-0.05, 0) is 44.7 Å². The number of rotatable bonds is 7. The van der Waals surface area contributed by atoms with Gasteiger partial charge in [-0.25, -0.2) is 9.67 Å². The van der Waals surface area contributed by atoms with E-state index in [1.807, 2.05) is 27.8 Å². The van der Waals surface area contributed by atoms with Crippen molar-refractivity contribution >= 4 is 16.9 Å². The number of nitrogens with one attached hydrogen (secondary N) is 1. The van der Waals surface area contributed by atoms with Gasteiger partial charge >= 0.3 is 0 Å². The van der Waals surface area contributed by atoms with Crippen molar-refractivity contribution in [1.29, 1.82) is 0 Å². The summed E-state index contributed by atoms with van der Waals surface area (Å²) in [4.78, 5) is 16.6. The first kappa shape index (κ1) is 18.2. The molecule has 0 bridgehead atoms. The maximum atomic E-state index is 12.0. The van der Waals surface area contributed by atoms with Gasteiger partial charge in [-0.1, -0.05) is 0 Å². The molecule has 0 spiro atoms. The number of methoxy groups -OCH3 is 1. The molecule has 0 aliphatic rings. The van der Waals surface area contributed by atoms with Crippen molar-refractivity contribution in [2.45, 2.75) is 46.1 Å². The molecule has 0 aromatic carbocycles. The van der Waals surface area contributed by atoms with Crippen LogP contribution in [-0.2, 0) is 18.3 Å². The second-order valence-corrected chi connectivity index (χ2v) is 6.25. The van der Waals surface area contributed by atoms with Crippen LogP contribution in [0.15, 0.2) is 0 Å². The van der Waals surface area contributed by atoms with Crippen molar-refractivity contribution in [1.82, 2.24) is 20.1 Å². The maximum absolute atomic E-state index is 12.0. The summed E-state index contributed by atoms with van der Waals surface area (Å²) >= 11 is 0. The topological polar surface area (TPSA) is 95.1 Å². The van der Waals surface area contributed by atoms with Gasteiger partial charge in [-0.2, -0.15) is 0 Å². The zero-order valence-corrected chi connectivity index (χ0v) is 15.1. The molecule has 7 nitrogen and oxygen atoms in total.